The molecule has 0 aliphatic rings. The number of hydrogen-bond donors (Lipinski definition) is 3. The Bertz CT molecular complexity index is 1560. The second-order valence-corrected chi connectivity index (χ2v) is 11.6. The van der Waals surface area contributed by atoms with Crippen molar-refractivity contribution in [3.63, 3.8) is 0 Å². The summed E-state index contributed by atoms with van der Waals surface area (Å²) in [5.41, 5.74) is 0.753. The molecule has 0 fully saturated rings. The summed E-state index contributed by atoms with van der Waals surface area (Å²) in [6, 6.07) is 17.1. The minimum absolute atomic E-state index is 0.150. The van der Waals surface area contributed by atoms with E-state index in [0.29, 0.717) is 16.3 Å². The number of ether oxygens (including phenoxy) is 1. The summed E-state index contributed by atoms with van der Waals surface area (Å²) in [5, 5.41) is 6.31. The molecule has 8 nitrogen and oxygen atoms in total. The molecule has 47 heavy (non-hydrogen) atoms. The summed E-state index contributed by atoms with van der Waals surface area (Å²) in [6.07, 6.45) is -6.22. The van der Waals surface area contributed by atoms with Gasteiger partial charge in [0, 0.05) is 10.0 Å². The van der Waals surface area contributed by atoms with Gasteiger partial charge in [-0.25, -0.2) is 0 Å². The van der Waals surface area contributed by atoms with Crippen LogP contribution in [-0.2, 0) is 19.2 Å². The lowest BCUT2D eigenvalue weighted by Gasteiger charge is -2.28. The highest BCUT2D eigenvalue weighted by Crippen LogP contribution is 2.28. The molecule has 3 atom stereocenters. The van der Waals surface area contributed by atoms with Gasteiger partial charge in [-0.15, -0.1) is 0 Å². The molecule has 3 aromatic rings. The van der Waals surface area contributed by atoms with E-state index in [0.717, 1.165) is 5.32 Å². The van der Waals surface area contributed by atoms with E-state index in [-0.39, 0.29) is 17.0 Å². The van der Waals surface area contributed by atoms with Gasteiger partial charge in [0.05, 0.1) is 12.5 Å². The van der Waals surface area contributed by atoms with Crippen molar-refractivity contribution in [1.82, 2.24) is 16.0 Å². The van der Waals surface area contributed by atoms with Crippen molar-refractivity contribution in [3.8, 4) is 5.75 Å². The first-order valence-electron chi connectivity index (χ1n) is 14.1. The Morgan fingerprint density at radius 2 is 1.43 bits per heavy atom. The zero-order valence-electron chi connectivity index (χ0n) is 24.9. The summed E-state index contributed by atoms with van der Waals surface area (Å²) in [5.74, 6) is -12.1. The van der Waals surface area contributed by atoms with Crippen LogP contribution in [0.3, 0.4) is 0 Å². The highest BCUT2D eigenvalue weighted by Gasteiger charge is 2.52. The monoisotopic (exact) mass is 701 g/mol. The lowest BCUT2D eigenvalue weighted by molar-refractivity contribution is -0.165. The number of carbonyl (C=O) groups is 4. The van der Waals surface area contributed by atoms with Gasteiger partial charge in [0.1, 0.15) is 24.4 Å². The second kappa shape index (κ2) is 16.1. The summed E-state index contributed by atoms with van der Waals surface area (Å²) >= 11 is 12.1. The minimum atomic E-state index is -5.01. The van der Waals surface area contributed by atoms with E-state index in [4.69, 9.17) is 27.9 Å². The lowest BCUT2D eigenvalue weighted by atomic mass is 9.94. The first kappa shape index (κ1) is 37.2. The Labute approximate surface area is 276 Å². The van der Waals surface area contributed by atoms with Crippen LogP contribution in [0.25, 0.3) is 0 Å². The van der Waals surface area contributed by atoms with Crippen LogP contribution in [-0.4, -0.2) is 48.2 Å². The maximum atomic E-state index is 14.7. The fraction of sp³-hybridized carbons (Fsp3) is 0.312. The molecule has 0 aromatic heterocycles. The Kier molecular flexibility index (Phi) is 12.7. The molecule has 15 heteroatoms. The van der Waals surface area contributed by atoms with Gasteiger partial charge >= 0.3 is 12.1 Å². The Morgan fingerprint density at radius 3 is 2.00 bits per heavy atom. The van der Waals surface area contributed by atoms with E-state index in [1.807, 2.05) is 0 Å². The second-order valence-electron chi connectivity index (χ2n) is 10.7. The van der Waals surface area contributed by atoms with Gasteiger partial charge in [-0.2, -0.15) is 22.0 Å². The lowest BCUT2D eigenvalue weighted by Crippen LogP contribution is -2.58. The Morgan fingerprint density at radius 1 is 0.787 bits per heavy atom. The van der Waals surface area contributed by atoms with Crippen LogP contribution in [0.2, 0.25) is 10.0 Å². The number of alkyl halides is 5. The van der Waals surface area contributed by atoms with Crippen molar-refractivity contribution in [2.45, 2.75) is 50.6 Å². The molecule has 3 amide bonds. The average molecular weight is 703 g/mol. The SMILES string of the molecule is CC(C)[C@H](NC(=O)[C@@H](NC(=O)C[C@@H](Oc1cccc(Cl)c1)c1ccccc1)c1ccc(Cl)cc1)C(=O)C(F)(F)C(=O)NCC(F)(F)F. The molecular formula is C32H30Cl2F5N3O5. The molecule has 0 unspecified atom stereocenters. The minimum Gasteiger partial charge on any atom is -0.485 e. The number of hydrogen-bond acceptors (Lipinski definition) is 5. The fourth-order valence-electron chi connectivity index (χ4n) is 4.31. The number of nitrogens with one attached hydrogen (secondary N) is 3. The maximum absolute atomic E-state index is 14.7. The highest BCUT2D eigenvalue weighted by atomic mass is 35.5. The van der Waals surface area contributed by atoms with Crippen LogP contribution in [0.4, 0.5) is 22.0 Å². The van der Waals surface area contributed by atoms with Crippen LogP contribution < -0.4 is 20.7 Å². The predicted octanol–water partition coefficient (Wildman–Crippen LogP) is 6.38. The first-order chi connectivity index (χ1) is 22.0. The molecule has 0 bridgehead atoms. The van der Waals surface area contributed by atoms with Crippen molar-refractivity contribution < 1.29 is 45.9 Å². The normalized spacial score (nSPS) is 13.7. The smallest absolute Gasteiger partial charge is 0.405 e. The first-order valence-corrected chi connectivity index (χ1v) is 14.8. The maximum Gasteiger partial charge on any atom is 0.405 e. The van der Waals surface area contributed by atoms with Gasteiger partial charge < -0.3 is 20.7 Å². The van der Waals surface area contributed by atoms with E-state index < -0.39 is 66.3 Å². The molecular weight excluding hydrogens is 672 g/mol. The third-order valence-corrected chi connectivity index (χ3v) is 7.17. The van der Waals surface area contributed by atoms with Crippen molar-refractivity contribution in [3.05, 3.63) is 100 Å². The quantitative estimate of drug-likeness (QED) is 0.133. The Balaban J connectivity index is 1.86. The molecule has 3 aromatic carbocycles. The highest BCUT2D eigenvalue weighted by molar-refractivity contribution is 6.30. The standard InChI is InChI=1S/C32H30Cl2F5N3O5/c1-18(2)26(28(44)32(38,39)30(46)40-17-31(35,36)37)42-29(45)27(20-11-13-21(33)14-12-20)41-25(43)16-24(19-7-4-3-5-8-19)47-23-10-6-9-22(34)15-23/h3-15,18,24,26-27H,16-17H2,1-2H3,(H,40,46)(H,41,43)(H,42,45)/t24-,26+,27+/m1/s1. The molecule has 252 valence electrons. The molecule has 0 aliphatic heterocycles. The van der Waals surface area contributed by atoms with Crippen molar-refractivity contribution in [1.29, 1.82) is 0 Å². The zero-order chi connectivity index (χ0) is 34.9. The third kappa shape index (κ3) is 10.9. The van der Waals surface area contributed by atoms with Crippen LogP contribution in [0.15, 0.2) is 78.9 Å². The van der Waals surface area contributed by atoms with Gasteiger partial charge in [-0.05, 0) is 47.4 Å². The summed E-state index contributed by atoms with van der Waals surface area (Å²) in [7, 11) is 0. The number of carbonyl (C=O) groups excluding carboxylic acids is 4. The predicted molar refractivity (Wildman–Crippen MR) is 164 cm³/mol. The van der Waals surface area contributed by atoms with E-state index in [9.17, 15) is 41.1 Å². The fourth-order valence-corrected chi connectivity index (χ4v) is 4.62. The molecule has 0 radical (unpaired) electrons. The van der Waals surface area contributed by atoms with Crippen LogP contribution in [0.1, 0.15) is 43.5 Å². The number of halogens is 7. The largest absolute Gasteiger partial charge is 0.485 e. The molecule has 0 spiro atoms. The van der Waals surface area contributed by atoms with Gasteiger partial charge in [0.2, 0.25) is 17.6 Å². The van der Waals surface area contributed by atoms with E-state index >= 15 is 0 Å². The summed E-state index contributed by atoms with van der Waals surface area (Å²) in [6.45, 7) is 0.462. The third-order valence-electron chi connectivity index (χ3n) is 6.68. The van der Waals surface area contributed by atoms with Gasteiger partial charge in [0.15, 0.2) is 0 Å². The molecule has 0 saturated carbocycles. The molecule has 0 aliphatic carbocycles. The number of benzene rings is 3. The summed E-state index contributed by atoms with van der Waals surface area (Å²) < 4.78 is 73.0. The van der Waals surface area contributed by atoms with Crippen LogP contribution >= 0.6 is 23.2 Å². The Hall–Kier alpha value is -4.23. The van der Waals surface area contributed by atoms with Crippen molar-refractivity contribution >= 4 is 46.7 Å². The number of amides is 3. The van der Waals surface area contributed by atoms with Crippen molar-refractivity contribution in [2.75, 3.05) is 6.54 Å². The summed E-state index contributed by atoms with van der Waals surface area (Å²) in [4.78, 5) is 51.7. The van der Waals surface area contributed by atoms with Gasteiger partial charge in [-0.3, -0.25) is 19.2 Å². The zero-order valence-corrected chi connectivity index (χ0v) is 26.4. The van der Waals surface area contributed by atoms with E-state index in [2.05, 4.69) is 10.6 Å². The van der Waals surface area contributed by atoms with Gasteiger partial charge in [0.25, 0.3) is 5.91 Å². The van der Waals surface area contributed by atoms with E-state index in [1.54, 1.807) is 54.6 Å². The average Bonchev–Trinajstić information content (AvgIpc) is 3.01. The molecule has 3 N–H and O–H groups in total. The molecule has 0 saturated heterocycles. The van der Waals surface area contributed by atoms with Crippen LogP contribution in [0.5, 0.6) is 5.75 Å². The van der Waals surface area contributed by atoms with Crippen molar-refractivity contribution in [2.24, 2.45) is 5.92 Å². The van der Waals surface area contributed by atoms with E-state index in [1.165, 1.54) is 38.1 Å². The number of Topliss-reactive ketones (excluding diaryl/α,β-unsaturated/α-hetero) is 1. The number of rotatable bonds is 14. The topological polar surface area (TPSA) is 114 Å². The van der Waals surface area contributed by atoms with Gasteiger partial charge in [-0.1, -0.05) is 85.6 Å². The van der Waals surface area contributed by atoms with Crippen LogP contribution in [0, 0.1) is 5.92 Å². The molecule has 3 rings (SSSR count). The molecule has 0 heterocycles. The number of ketones is 1.